The molecule has 2 aromatic heterocycles. The Morgan fingerprint density at radius 3 is 1.31 bits per heavy atom. The molecule has 0 spiro atoms. The molecule has 12 rings (SSSR count). The van der Waals surface area contributed by atoms with Gasteiger partial charge in [-0.15, -0.1) is 0 Å². The van der Waals surface area contributed by atoms with Crippen molar-refractivity contribution in [2.24, 2.45) is 5.92 Å². The first-order valence-electron chi connectivity index (χ1n) is 23.1. The van der Waals surface area contributed by atoms with E-state index in [0.717, 1.165) is 73.8 Å². The molecule has 0 radical (unpaired) electrons. The van der Waals surface area contributed by atoms with E-state index in [1.165, 1.54) is 43.6 Å². The summed E-state index contributed by atoms with van der Waals surface area (Å²) in [5.41, 5.74) is 13.5. The Bertz CT molecular complexity index is 3590. The lowest BCUT2D eigenvalue weighted by molar-refractivity contribution is 0.641. The van der Waals surface area contributed by atoms with Crippen molar-refractivity contribution in [1.29, 1.82) is 0 Å². The molecule has 4 heteroatoms. The Morgan fingerprint density at radius 1 is 0.388 bits per heavy atom. The van der Waals surface area contributed by atoms with Crippen molar-refractivity contribution in [3.8, 4) is 56.4 Å². The van der Waals surface area contributed by atoms with Crippen LogP contribution in [-0.4, -0.2) is 19.9 Å². The summed E-state index contributed by atoms with van der Waals surface area (Å²) in [6, 6.07) is 67.1. The zero-order valence-electron chi connectivity index (χ0n) is 37.4. The van der Waals surface area contributed by atoms with Crippen molar-refractivity contribution < 1.29 is 0 Å². The molecule has 2 heterocycles. The van der Waals surface area contributed by atoms with E-state index in [0.29, 0.717) is 11.7 Å². The molecule has 10 aromatic rings. The van der Waals surface area contributed by atoms with Crippen molar-refractivity contribution in [2.45, 2.75) is 25.7 Å². The summed E-state index contributed by atoms with van der Waals surface area (Å²) in [6.07, 6.45) is 14.0. The number of allylic oxidation sites excluding steroid dienone is 8. The molecule has 0 bridgehead atoms. The predicted molar refractivity (Wildman–Crippen MR) is 278 cm³/mol. The van der Waals surface area contributed by atoms with Crippen LogP contribution in [0.25, 0.3) is 94.3 Å². The van der Waals surface area contributed by atoms with Gasteiger partial charge in [-0.3, -0.25) is 0 Å². The van der Waals surface area contributed by atoms with Gasteiger partial charge in [0.1, 0.15) is 0 Å². The predicted octanol–water partition coefficient (Wildman–Crippen LogP) is 15.8. The highest BCUT2D eigenvalue weighted by Gasteiger charge is 2.25. The van der Waals surface area contributed by atoms with Gasteiger partial charge in [0.25, 0.3) is 0 Å². The molecule has 2 aliphatic carbocycles. The lowest BCUT2D eigenvalue weighted by Crippen LogP contribution is -2.18. The lowest BCUT2D eigenvalue weighted by atomic mass is 9.77. The normalized spacial score (nSPS) is 14.6. The van der Waals surface area contributed by atoms with Crippen molar-refractivity contribution >= 4 is 37.9 Å². The number of hydrogen-bond acceptors (Lipinski definition) is 4. The first-order chi connectivity index (χ1) is 32.9. The number of benzene rings is 8. The number of fused-ring (bicyclic) bond motifs is 4. The van der Waals surface area contributed by atoms with Gasteiger partial charge in [0.15, 0.2) is 11.6 Å². The third kappa shape index (κ3) is 7.77. The molecule has 67 heavy (non-hydrogen) atoms. The van der Waals surface area contributed by atoms with Crippen molar-refractivity contribution in [1.82, 2.24) is 19.9 Å². The Morgan fingerprint density at radius 2 is 0.806 bits per heavy atom. The van der Waals surface area contributed by atoms with Crippen LogP contribution >= 0.6 is 0 Å². The summed E-state index contributed by atoms with van der Waals surface area (Å²) >= 11 is 0. The van der Waals surface area contributed by atoms with Crippen LogP contribution < -0.4 is 0 Å². The van der Waals surface area contributed by atoms with Crippen LogP contribution in [0.3, 0.4) is 0 Å². The number of nitrogens with zero attached hydrogens (tertiary/aromatic N) is 4. The maximum Gasteiger partial charge on any atom is 0.160 e. The lowest BCUT2D eigenvalue weighted by Gasteiger charge is -2.26. The first-order valence-corrected chi connectivity index (χ1v) is 23.1. The van der Waals surface area contributed by atoms with Gasteiger partial charge >= 0.3 is 0 Å². The molecular weight excluding hydrogens is 813 g/mol. The fourth-order valence-corrected chi connectivity index (χ4v) is 9.70. The Hall–Kier alpha value is -8.34. The second-order valence-electron chi connectivity index (χ2n) is 18.3. The van der Waals surface area contributed by atoms with Gasteiger partial charge in [-0.2, -0.15) is 0 Å². The molecule has 0 aliphatic heterocycles. The van der Waals surface area contributed by atoms with E-state index in [4.69, 9.17) is 19.9 Å². The van der Waals surface area contributed by atoms with Crippen LogP contribution in [0.4, 0.5) is 0 Å². The van der Waals surface area contributed by atoms with E-state index in [1.54, 1.807) is 0 Å². The van der Waals surface area contributed by atoms with Crippen LogP contribution in [-0.2, 0) is 5.41 Å². The van der Waals surface area contributed by atoms with Gasteiger partial charge < -0.3 is 0 Å². The topological polar surface area (TPSA) is 51.6 Å². The molecule has 0 N–H and O–H groups in total. The SMILES string of the molecule is CC(C)(c1ccc(-c2cc(-c3ccc4ccccc4c3)nc(C3=CC=C4C=CC=CC4C3)n2)cc1)c1ccc(-c2cc(-c3ccc4ccccc4c3)nc(-c3ccc4ccccc4c3)n2)cc1. The number of rotatable bonds is 8. The fourth-order valence-electron chi connectivity index (χ4n) is 9.70. The van der Waals surface area contributed by atoms with Crippen LogP contribution in [0.15, 0.2) is 230 Å². The molecule has 1 atom stereocenters. The molecule has 8 aromatic carbocycles. The molecule has 0 saturated carbocycles. The van der Waals surface area contributed by atoms with Crippen molar-refractivity contribution in [3.63, 3.8) is 0 Å². The zero-order valence-corrected chi connectivity index (χ0v) is 37.4. The van der Waals surface area contributed by atoms with Gasteiger partial charge in [0.2, 0.25) is 0 Å². The van der Waals surface area contributed by atoms with E-state index in [2.05, 4.69) is 238 Å². The highest BCUT2D eigenvalue weighted by Crippen LogP contribution is 2.38. The highest BCUT2D eigenvalue weighted by molar-refractivity contribution is 5.90. The highest BCUT2D eigenvalue weighted by atomic mass is 14.9. The Kier molecular flexibility index (Phi) is 9.95. The van der Waals surface area contributed by atoms with Gasteiger partial charge in [-0.25, -0.2) is 19.9 Å². The maximum atomic E-state index is 5.26. The first kappa shape index (κ1) is 40.2. The van der Waals surface area contributed by atoms with Gasteiger partial charge in [-0.1, -0.05) is 208 Å². The van der Waals surface area contributed by atoms with E-state index < -0.39 is 0 Å². The van der Waals surface area contributed by atoms with Gasteiger partial charge in [-0.05, 0) is 91.3 Å². The van der Waals surface area contributed by atoms with Crippen LogP contribution in [0, 0.1) is 5.92 Å². The van der Waals surface area contributed by atoms with Crippen molar-refractivity contribution in [3.05, 3.63) is 247 Å². The second-order valence-corrected chi connectivity index (χ2v) is 18.3. The average Bonchev–Trinajstić information content (AvgIpc) is 3.40. The number of aromatic nitrogens is 4. The smallest absolute Gasteiger partial charge is 0.160 e. The van der Waals surface area contributed by atoms with E-state index in [-0.39, 0.29) is 5.41 Å². The molecule has 4 nitrogen and oxygen atoms in total. The summed E-state index contributed by atoms with van der Waals surface area (Å²) in [7, 11) is 0. The van der Waals surface area contributed by atoms with Crippen molar-refractivity contribution in [2.75, 3.05) is 0 Å². The molecule has 0 fully saturated rings. The van der Waals surface area contributed by atoms with Crippen LogP contribution in [0.5, 0.6) is 0 Å². The molecule has 0 saturated heterocycles. The molecule has 318 valence electrons. The average molecular weight is 859 g/mol. The zero-order chi connectivity index (χ0) is 44.9. The molecule has 0 amide bonds. The van der Waals surface area contributed by atoms with Crippen LogP contribution in [0.2, 0.25) is 0 Å². The van der Waals surface area contributed by atoms with E-state index in [9.17, 15) is 0 Å². The largest absolute Gasteiger partial charge is 0.228 e. The number of hydrogen-bond donors (Lipinski definition) is 0. The minimum Gasteiger partial charge on any atom is -0.228 e. The quantitative estimate of drug-likeness (QED) is 0.153. The molecule has 1 unspecified atom stereocenters. The minimum atomic E-state index is -0.277. The van der Waals surface area contributed by atoms with E-state index in [1.807, 2.05) is 0 Å². The summed E-state index contributed by atoms with van der Waals surface area (Å²) in [5.74, 6) is 1.82. The summed E-state index contributed by atoms with van der Waals surface area (Å²) in [4.78, 5) is 20.9. The van der Waals surface area contributed by atoms with Gasteiger partial charge in [0.05, 0.1) is 22.8 Å². The Balaban J connectivity index is 0.874. The summed E-state index contributed by atoms with van der Waals surface area (Å²) in [6.45, 7) is 4.59. The maximum absolute atomic E-state index is 5.26. The molecule has 2 aliphatic rings. The van der Waals surface area contributed by atoms with E-state index >= 15 is 0 Å². The van der Waals surface area contributed by atoms with Crippen LogP contribution in [0.1, 0.15) is 37.2 Å². The standard InChI is InChI=1S/C63H46N4/c1-63(2,55-31-27-45(28-32-55)57-39-59(51-23-19-41-11-3-7-15-47(41)35-51)66-61(64-57)53-25-21-43-13-5-9-17-49(43)37-53)56-33-29-46(30-34-56)58-40-60(52-24-20-42-12-4-8-16-48(42)36-52)67-62(65-58)54-26-22-44-14-6-10-18-50(44)38-54/h3-37,39-40,50H,38H2,1-2H3. The summed E-state index contributed by atoms with van der Waals surface area (Å²) in [5, 5.41) is 7.15. The fraction of sp³-hybridized carbons (Fsp3) is 0.0794. The molecular formula is C63H46N4. The Labute approximate surface area is 391 Å². The van der Waals surface area contributed by atoms with Gasteiger partial charge in [0, 0.05) is 39.2 Å². The third-order valence-corrected chi connectivity index (χ3v) is 13.7. The third-order valence-electron chi connectivity index (χ3n) is 13.7. The second kappa shape index (κ2) is 16.6. The minimum absolute atomic E-state index is 0.277. The summed E-state index contributed by atoms with van der Waals surface area (Å²) < 4.78 is 0. The monoisotopic (exact) mass is 858 g/mol.